The Morgan fingerprint density at radius 1 is 0.857 bits per heavy atom. The summed E-state index contributed by atoms with van der Waals surface area (Å²) < 4.78 is 54.6. The lowest BCUT2D eigenvalue weighted by atomic mass is 9.84. The third kappa shape index (κ3) is 3.91. The molecule has 0 unspecified atom stereocenters. The van der Waals surface area contributed by atoms with Crippen molar-refractivity contribution in [2.75, 3.05) is 0 Å². The van der Waals surface area contributed by atoms with Crippen LogP contribution in [0.15, 0.2) is 55.6 Å². The molecule has 0 aliphatic heterocycles. The molecule has 0 N–H and O–H groups in total. The number of benzene rings is 2. The molecule has 3 rings (SSSR count). The topological polar surface area (TPSA) is 0 Å². The normalized spacial score (nSPS) is 17.0. The molecule has 0 saturated heterocycles. The molecule has 4 heteroatoms. The summed E-state index contributed by atoms with van der Waals surface area (Å²) in [5, 5.41) is 0. The van der Waals surface area contributed by atoms with Crippen molar-refractivity contribution in [3.8, 4) is 0 Å². The molecule has 0 nitrogen and oxygen atoms in total. The summed E-state index contributed by atoms with van der Waals surface area (Å²) in [4.78, 5) is 0. The molecule has 0 spiro atoms. The van der Waals surface area contributed by atoms with Crippen molar-refractivity contribution in [1.29, 1.82) is 0 Å². The number of fused-ring (bicyclic) bond motifs is 1. The summed E-state index contributed by atoms with van der Waals surface area (Å²) in [6.07, 6.45) is 0.378. The Hall–Kier alpha value is -2.36. The van der Waals surface area contributed by atoms with Gasteiger partial charge in [-0.25, -0.2) is 0 Å². The second kappa shape index (κ2) is 7.57. The van der Waals surface area contributed by atoms with Crippen LogP contribution in [-0.4, -0.2) is 11.8 Å². The van der Waals surface area contributed by atoms with E-state index in [0.717, 1.165) is 28.7 Å². The van der Waals surface area contributed by atoms with Crippen LogP contribution < -0.4 is 0 Å². The van der Waals surface area contributed by atoms with Crippen LogP contribution in [0.5, 0.6) is 0 Å². The molecule has 0 radical (unpaired) electrons. The lowest BCUT2D eigenvalue weighted by molar-refractivity contribution is -0.211. The molecule has 1 aliphatic rings. The summed E-state index contributed by atoms with van der Waals surface area (Å²) in [5.41, 5.74) is 5.44. The van der Waals surface area contributed by atoms with E-state index < -0.39 is 24.7 Å². The minimum Gasteiger partial charge on any atom is -0.200 e. The summed E-state index contributed by atoms with van der Waals surface area (Å²) in [7, 11) is 0. The van der Waals surface area contributed by atoms with Crippen LogP contribution >= 0.6 is 0 Å². The lowest BCUT2D eigenvalue weighted by Gasteiger charge is -2.32. The molecular weight excluding hydrogens is 364 g/mol. The predicted molar refractivity (Wildman–Crippen MR) is 107 cm³/mol. The van der Waals surface area contributed by atoms with Gasteiger partial charge in [-0.05, 0) is 58.2 Å². The number of alkyl halides is 4. The Morgan fingerprint density at radius 3 is 2.14 bits per heavy atom. The summed E-state index contributed by atoms with van der Waals surface area (Å²) >= 11 is 0. The molecule has 148 valence electrons. The van der Waals surface area contributed by atoms with Gasteiger partial charge in [0.1, 0.15) is 0 Å². The third-order valence-corrected chi connectivity index (χ3v) is 5.48. The first-order chi connectivity index (χ1) is 13.1. The maximum absolute atomic E-state index is 13.7. The van der Waals surface area contributed by atoms with E-state index >= 15 is 0 Å². The van der Waals surface area contributed by atoms with Gasteiger partial charge < -0.3 is 0 Å². The molecule has 1 aliphatic carbocycles. The zero-order chi connectivity index (χ0) is 20.5. The number of halogens is 4. The summed E-state index contributed by atoms with van der Waals surface area (Å²) in [6.45, 7) is 10.3. The molecule has 0 bridgehead atoms. The van der Waals surface area contributed by atoms with Crippen molar-refractivity contribution in [3.05, 3.63) is 83.4 Å². The van der Waals surface area contributed by atoms with Gasteiger partial charge in [-0.1, -0.05) is 62.5 Å². The first-order valence-corrected chi connectivity index (χ1v) is 9.46. The second-order valence-corrected chi connectivity index (χ2v) is 7.46. The monoisotopic (exact) mass is 388 g/mol. The van der Waals surface area contributed by atoms with Crippen LogP contribution in [0.3, 0.4) is 0 Å². The smallest absolute Gasteiger partial charge is 0.200 e. The molecule has 2 aromatic rings. The Kier molecular flexibility index (Phi) is 5.51. The summed E-state index contributed by atoms with van der Waals surface area (Å²) in [6, 6.07) is 12.9. The lowest BCUT2D eigenvalue weighted by Crippen LogP contribution is -2.47. The van der Waals surface area contributed by atoms with Crippen LogP contribution in [0.25, 0.3) is 11.1 Å². The van der Waals surface area contributed by atoms with Crippen LogP contribution in [0.2, 0.25) is 0 Å². The number of allylic oxidation sites excluding steroid dienone is 2. The fourth-order valence-electron chi connectivity index (χ4n) is 3.67. The Balaban J connectivity index is 1.72. The first kappa shape index (κ1) is 20.4. The predicted octanol–water partition coefficient (Wildman–Crippen LogP) is 7.13. The van der Waals surface area contributed by atoms with Gasteiger partial charge in [0.15, 0.2) is 0 Å². The van der Waals surface area contributed by atoms with E-state index in [0.29, 0.717) is 12.8 Å². The van der Waals surface area contributed by atoms with Gasteiger partial charge in [0.25, 0.3) is 0 Å². The molecule has 0 aromatic heterocycles. The van der Waals surface area contributed by atoms with Gasteiger partial charge in [-0.3, -0.25) is 0 Å². The Morgan fingerprint density at radius 2 is 1.46 bits per heavy atom. The van der Waals surface area contributed by atoms with E-state index in [9.17, 15) is 17.6 Å². The average Bonchev–Trinajstić information content (AvgIpc) is 2.65. The zero-order valence-electron chi connectivity index (χ0n) is 16.0. The first-order valence-electron chi connectivity index (χ1n) is 9.46. The average molecular weight is 388 g/mol. The third-order valence-electron chi connectivity index (χ3n) is 5.48. The van der Waals surface area contributed by atoms with Gasteiger partial charge in [0, 0.05) is 12.8 Å². The van der Waals surface area contributed by atoms with Gasteiger partial charge in [-0.15, -0.1) is 0 Å². The van der Waals surface area contributed by atoms with E-state index in [1.54, 1.807) is 12.1 Å². The zero-order valence-corrected chi connectivity index (χ0v) is 16.0. The van der Waals surface area contributed by atoms with Gasteiger partial charge in [-0.2, -0.15) is 17.6 Å². The second-order valence-electron chi connectivity index (χ2n) is 7.46. The SMILES string of the molecule is C=C(CCC(=C)c1ccccc1CC)c1ccc2c(c1)CC(F)(F)C(F)(F)C2. The van der Waals surface area contributed by atoms with Crippen molar-refractivity contribution in [3.63, 3.8) is 0 Å². The Labute approximate surface area is 163 Å². The van der Waals surface area contributed by atoms with E-state index in [1.807, 2.05) is 18.2 Å². The fraction of sp³-hybridized carbons (Fsp3) is 0.333. The van der Waals surface area contributed by atoms with Gasteiger partial charge in [0.05, 0.1) is 0 Å². The number of hydrogen-bond acceptors (Lipinski definition) is 0. The minimum atomic E-state index is -4.02. The van der Waals surface area contributed by atoms with Gasteiger partial charge in [0.2, 0.25) is 0 Å². The minimum absolute atomic E-state index is 0.282. The van der Waals surface area contributed by atoms with Crippen molar-refractivity contribution in [2.24, 2.45) is 0 Å². The molecule has 2 aromatic carbocycles. The van der Waals surface area contributed by atoms with Crippen LogP contribution in [0, 0.1) is 0 Å². The van der Waals surface area contributed by atoms with Crippen molar-refractivity contribution < 1.29 is 17.6 Å². The quantitative estimate of drug-likeness (QED) is 0.462. The molecule has 0 saturated carbocycles. The fourth-order valence-corrected chi connectivity index (χ4v) is 3.67. The van der Waals surface area contributed by atoms with Crippen molar-refractivity contribution in [2.45, 2.75) is 50.9 Å². The maximum Gasteiger partial charge on any atom is 0.314 e. The summed E-state index contributed by atoms with van der Waals surface area (Å²) in [5.74, 6) is -8.01. The molecule has 28 heavy (non-hydrogen) atoms. The number of rotatable bonds is 6. The van der Waals surface area contributed by atoms with Crippen molar-refractivity contribution >= 4 is 11.1 Å². The molecule has 0 heterocycles. The highest BCUT2D eigenvalue weighted by molar-refractivity contribution is 5.71. The van der Waals surface area contributed by atoms with E-state index in [-0.39, 0.29) is 11.1 Å². The number of hydrogen-bond donors (Lipinski definition) is 0. The van der Waals surface area contributed by atoms with E-state index in [2.05, 4.69) is 26.1 Å². The highest BCUT2D eigenvalue weighted by Gasteiger charge is 2.58. The molecule has 0 amide bonds. The van der Waals surface area contributed by atoms with Crippen molar-refractivity contribution in [1.82, 2.24) is 0 Å². The van der Waals surface area contributed by atoms with E-state index in [4.69, 9.17) is 0 Å². The highest BCUT2D eigenvalue weighted by Crippen LogP contribution is 2.44. The Bertz CT molecular complexity index is 909. The highest BCUT2D eigenvalue weighted by atomic mass is 19.3. The molecular formula is C24H24F4. The maximum atomic E-state index is 13.7. The van der Waals surface area contributed by atoms with Gasteiger partial charge >= 0.3 is 11.8 Å². The van der Waals surface area contributed by atoms with Crippen LogP contribution in [-0.2, 0) is 19.3 Å². The standard InChI is InChI=1S/C24H24F4/c1-4-18-7-5-6-8-22(18)17(3)10-9-16(2)19-11-12-20-14-23(25,26)24(27,28)15-21(20)13-19/h5-8,11-13H,2-4,9-10,14-15H2,1H3. The largest absolute Gasteiger partial charge is 0.314 e. The molecule has 0 fully saturated rings. The van der Waals surface area contributed by atoms with E-state index in [1.165, 1.54) is 11.6 Å². The van der Waals surface area contributed by atoms with Crippen LogP contribution in [0.1, 0.15) is 47.6 Å². The number of aryl methyl sites for hydroxylation is 1. The molecule has 0 atom stereocenters. The van der Waals surface area contributed by atoms with Crippen LogP contribution in [0.4, 0.5) is 17.6 Å².